The molecule has 0 spiro atoms. The second kappa shape index (κ2) is 2.06. The van der Waals surface area contributed by atoms with Crippen molar-refractivity contribution in [2.45, 2.75) is 0 Å². The number of nitrogens with two attached hydrogens (primary N) is 1. The zero-order valence-corrected chi connectivity index (χ0v) is 6.30. The fourth-order valence-corrected chi connectivity index (χ4v) is 1.58. The first-order chi connectivity index (χ1) is 5.29. The monoisotopic (exact) mass is 167 g/mol. The molecule has 2 heterocycles. The van der Waals surface area contributed by atoms with Crippen molar-refractivity contribution < 1.29 is 5.11 Å². The average molecular weight is 167 g/mol. The Labute approximate surface area is 66.5 Å². The molecule has 0 amide bonds. The average Bonchev–Trinajstić information content (AvgIpc) is 2.34. The van der Waals surface area contributed by atoms with Crippen molar-refractivity contribution in [3.05, 3.63) is 12.3 Å². The normalized spacial score (nSPS) is 10.5. The Balaban J connectivity index is 2.96. The molecule has 0 unspecified atom stereocenters. The van der Waals surface area contributed by atoms with Crippen molar-refractivity contribution >= 4 is 27.4 Å². The summed E-state index contributed by atoms with van der Waals surface area (Å²) in [6.07, 6.45) is 1.59. The molecule has 2 aromatic heterocycles. The molecule has 56 valence electrons. The summed E-state index contributed by atoms with van der Waals surface area (Å²) in [5.74, 6) is 0.296. The maximum absolute atomic E-state index is 9.17. The summed E-state index contributed by atoms with van der Waals surface area (Å²) >= 11 is 1.21. The molecule has 0 atom stereocenters. The summed E-state index contributed by atoms with van der Waals surface area (Å²) < 4.78 is 4.59. The topological polar surface area (TPSA) is 72.0 Å². The molecular weight excluding hydrogens is 162 g/mol. The third kappa shape index (κ3) is 0.813. The van der Waals surface area contributed by atoms with Gasteiger partial charge in [-0.15, -0.1) is 0 Å². The van der Waals surface area contributed by atoms with Crippen LogP contribution in [0.1, 0.15) is 0 Å². The van der Waals surface area contributed by atoms with Gasteiger partial charge in [-0.1, -0.05) is 0 Å². The molecule has 3 N–H and O–H groups in total. The minimum atomic E-state index is -0.0319. The predicted octanol–water partition coefficient (Wildman–Crippen LogP) is 0.979. The van der Waals surface area contributed by atoms with Crippen LogP contribution in [-0.4, -0.2) is 14.5 Å². The standard InChI is InChI=1S/C6H5N3OS/c7-5-4-3(1-2-8-5)11-9-6(4)10/h1-2H,(H2,7,8)(H,9,10). The summed E-state index contributed by atoms with van der Waals surface area (Å²) in [6.45, 7) is 0. The van der Waals surface area contributed by atoms with E-state index < -0.39 is 0 Å². The van der Waals surface area contributed by atoms with Crippen LogP contribution in [0, 0.1) is 0 Å². The maximum Gasteiger partial charge on any atom is 0.234 e. The fourth-order valence-electron chi connectivity index (χ4n) is 0.898. The van der Waals surface area contributed by atoms with Gasteiger partial charge < -0.3 is 10.8 Å². The highest BCUT2D eigenvalue weighted by atomic mass is 32.1. The van der Waals surface area contributed by atoms with Crippen LogP contribution in [0.15, 0.2) is 12.3 Å². The zero-order valence-electron chi connectivity index (χ0n) is 5.48. The molecule has 11 heavy (non-hydrogen) atoms. The highest BCUT2D eigenvalue weighted by Crippen LogP contribution is 2.30. The second-order valence-electron chi connectivity index (χ2n) is 2.08. The van der Waals surface area contributed by atoms with Gasteiger partial charge in [0.2, 0.25) is 5.88 Å². The lowest BCUT2D eigenvalue weighted by Gasteiger charge is -1.91. The van der Waals surface area contributed by atoms with Crippen molar-refractivity contribution in [2.24, 2.45) is 0 Å². The summed E-state index contributed by atoms with van der Waals surface area (Å²) in [6, 6.07) is 1.77. The first kappa shape index (κ1) is 6.36. The number of nitrogen functional groups attached to an aromatic ring is 1. The van der Waals surface area contributed by atoms with Crippen LogP contribution in [0.3, 0.4) is 0 Å². The predicted molar refractivity (Wildman–Crippen MR) is 43.5 cm³/mol. The van der Waals surface area contributed by atoms with Crippen molar-refractivity contribution in [3.8, 4) is 5.88 Å². The largest absolute Gasteiger partial charge is 0.492 e. The van der Waals surface area contributed by atoms with Crippen LogP contribution in [0.2, 0.25) is 0 Å². The number of aromatic nitrogens is 2. The van der Waals surface area contributed by atoms with E-state index in [1.165, 1.54) is 11.5 Å². The quantitative estimate of drug-likeness (QED) is 0.613. The van der Waals surface area contributed by atoms with Gasteiger partial charge in [0.1, 0.15) is 5.82 Å². The van der Waals surface area contributed by atoms with E-state index in [1.54, 1.807) is 12.3 Å². The molecule has 0 bridgehead atoms. The van der Waals surface area contributed by atoms with Crippen LogP contribution >= 0.6 is 11.5 Å². The Morgan fingerprint density at radius 1 is 1.55 bits per heavy atom. The van der Waals surface area contributed by atoms with Crippen LogP contribution in [0.25, 0.3) is 10.1 Å². The highest BCUT2D eigenvalue weighted by molar-refractivity contribution is 7.13. The van der Waals surface area contributed by atoms with E-state index in [9.17, 15) is 5.11 Å². The van der Waals surface area contributed by atoms with Crippen LogP contribution in [-0.2, 0) is 0 Å². The van der Waals surface area contributed by atoms with E-state index in [-0.39, 0.29) is 5.88 Å². The first-order valence-corrected chi connectivity index (χ1v) is 3.75. The maximum atomic E-state index is 9.17. The van der Waals surface area contributed by atoms with Gasteiger partial charge in [-0.25, -0.2) is 4.98 Å². The summed E-state index contributed by atoms with van der Waals surface area (Å²) in [7, 11) is 0. The number of nitrogens with zero attached hydrogens (tertiary/aromatic N) is 2. The number of rotatable bonds is 0. The lowest BCUT2D eigenvalue weighted by molar-refractivity contribution is 0.466. The van der Waals surface area contributed by atoms with Gasteiger partial charge in [-0.2, -0.15) is 4.37 Å². The van der Waals surface area contributed by atoms with Gasteiger partial charge >= 0.3 is 0 Å². The van der Waals surface area contributed by atoms with Gasteiger partial charge in [-0.05, 0) is 17.6 Å². The van der Waals surface area contributed by atoms with Crippen LogP contribution in [0.5, 0.6) is 5.88 Å². The van der Waals surface area contributed by atoms with Crippen molar-refractivity contribution in [2.75, 3.05) is 5.73 Å². The van der Waals surface area contributed by atoms with E-state index in [1.807, 2.05) is 0 Å². The lowest BCUT2D eigenvalue weighted by Crippen LogP contribution is -1.88. The van der Waals surface area contributed by atoms with E-state index in [2.05, 4.69) is 9.36 Å². The summed E-state index contributed by atoms with van der Waals surface area (Å²) in [4.78, 5) is 3.82. The van der Waals surface area contributed by atoms with Crippen molar-refractivity contribution in [1.29, 1.82) is 0 Å². The highest BCUT2D eigenvalue weighted by Gasteiger charge is 2.07. The SMILES string of the molecule is Nc1nccc2snc(O)c12. The molecule has 4 nitrogen and oxygen atoms in total. The third-order valence-electron chi connectivity index (χ3n) is 1.40. The van der Waals surface area contributed by atoms with E-state index >= 15 is 0 Å². The Kier molecular flexibility index (Phi) is 1.19. The minimum absolute atomic E-state index is 0.0319. The van der Waals surface area contributed by atoms with Gasteiger partial charge in [-0.3, -0.25) is 0 Å². The molecule has 0 aliphatic heterocycles. The van der Waals surface area contributed by atoms with E-state index in [0.717, 1.165) is 4.70 Å². The number of hydrogen-bond donors (Lipinski definition) is 2. The fraction of sp³-hybridized carbons (Fsp3) is 0. The Morgan fingerprint density at radius 3 is 3.09 bits per heavy atom. The molecule has 5 heteroatoms. The minimum Gasteiger partial charge on any atom is -0.492 e. The zero-order chi connectivity index (χ0) is 7.84. The second-order valence-corrected chi connectivity index (χ2v) is 2.88. The molecule has 2 rings (SSSR count). The smallest absolute Gasteiger partial charge is 0.234 e. The van der Waals surface area contributed by atoms with E-state index in [0.29, 0.717) is 11.2 Å². The molecule has 0 aliphatic rings. The molecule has 0 saturated carbocycles. The molecule has 0 aliphatic carbocycles. The van der Waals surface area contributed by atoms with Gasteiger partial charge in [0.25, 0.3) is 0 Å². The van der Waals surface area contributed by atoms with Crippen LogP contribution in [0.4, 0.5) is 5.82 Å². The number of pyridine rings is 1. The molecule has 0 saturated heterocycles. The third-order valence-corrected chi connectivity index (χ3v) is 2.20. The Bertz CT molecular complexity index is 398. The molecule has 2 aromatic rings. The first-order valence-electron chi connectivity index (χ1n) is 2.98. The number of anilines is 1. The number of aromatic hydroxyl groups is 1. The molecular formula is C6H5N3OS. The van der Waals surface area contributed by atoms with Gasteiger partial charge in [0, 0.05) is 6.20 Å². The molecule has 0 radical (unpaired) electrons. The Hall–Kier alpha value is -1.36. The Morgan fingerprint density at radius 2 is 2.36 bits per heavy atom. The van der Waals surface area contributed by atoms with Gasteiger partial charge in [0.05, 0.1) is 10.1 Å². The van der Waals surface area contributed by atoms with Gasteiger partial charge in [0.15, 0.2) is 0 Å². The van der Waals surface area contributed by atoms with Crippen LogP contribution < -0.4 is 5.73 Å². The van der Waals surface area contributed by atoms with Crippen molar-refractivity contribution in [1.82, 2.24) is 9.36 Å². The van der Waals surface area contributed by atoms with E-state index in [4.69, 9.17) is 5.73 Å². The summed E-state index contributed by atoms with van der Waals surface area (Å²) in [5.41, 5.74) is 5.50. The van der Waals surface area contributed by atoms with Crippen molar-refractivity contribution in [3.63, 3.8) is 0 Å². The number of hydrogen-bond acceptors (Lipinski definition) is 5. The molecule has 0 aromatic carbocycles. The number of fused-ring (bicyclic) bond motifs is 1. The molecule has 0 fully saturated rings. The summed E-state index contributed by atoms with van der Waals surface area (Å²) in [5, 5.41) is 9.72. The lowest BCUT2D eigenvalue weighted by atomic mass is 10.3.